The van der Waals surface area contributed by atoms with Crippen LogP contribution in [0.2, 0.25) is 0 Å². The monoisotopic (exact) mass is 212 g/mol. The topological polar surface area (TPSA) is 0 Å². The number of rotatable bonds is 2. The molecule has 0 atom stereocenters. The third-order valence-corrected chi connectivity index (χ3v) is 4.04. The molecule has 0 spiro atoms. The quantitative estimate of drug-likeness (QED) is 0.656. The minimum atomic E-state index is 0.996. The lowest BCUT2D eigenvalue weighted by Gasteiger charge is -2.28. The van der Waals surface area contributed by atoms with Crippen LogP contribution in [0.4, 0.5) is 0 Å². The maximum atomic E-state index is 3.17. The van der Waals surface area contributed by atoms with Crippen LogP contribution in [0.25, 0.3) is 0 Å². The molecule has 2 rings (SSSR count). The molecule has 84 valence electrons. The van der Waals surface area contributed by atoms with E-state index in [9.17, 15) is 0 Å². The van der Waals surface area contributed by atoms with Crippen molar-refractivity contribution >= 4 is 0 Å². The van der Waals surface area contributed by atoms with Crippen LogP contribution in [0.5, 0.6) is 0 Å². The van der Waals surface area contributed by atoms with Gasteiger partial charge >= 0.3 is 0 Å². The molecule has 1 aliphatic carbocycles. The van der Waals surface area contributed by atoms with Gasteiger partial charge in [0.15, 0.2) is 0 Å². The van der Waals surface area contributed by atoms with E-state index in [1.165, 1.54) is 24.0 Å². The molecule has 1 aromatic rings. The van der Waals surface area contributed by atoms with E-state index in [0.29, 0.717) is 0 Å². The zero-order valence-electron chi connectivity index (χ0n) is 10.8. The minimum Gasteiger partial charge on any atom is -0.107 e. The van der Waals surface area contributed by atoms with Gasteiger partial charge in [-0.2, -0.15) is 0 Å². The highest BCUT2D eigenvalue weighted by Gasteiger charge is 2.22. The summed E-state index contributed by atoms with van der Waals surface area (Å²) >= 11 is 0. The number of fused-ring (bicyclic) bond motifs is 1. The van der Waals surface area contributed by atoms with Crippen LogP contribution in [0, 0.1) is 32.6 Å². The summed E-state index contributed by atoms with van der Waals surface area (Å²) in [5, 5.41) is 0. The molecular formula is C16H20. The van der Waals surface area contributed by atoms with Crippen molar-refractivity contribution in [2.75, 3.05) is 0 Å². The van der Waals surface area contributed by atoms with Gasteiger partial charge in [0.1, 0.15) is 0 Å². The summed E-state index contributed by atoms with van der Waals surface area (Å²) in [6.07, 6.45) is 4.69. The fourth-order valence-corrected chi connectivity index (χ4v) is 2.81. The third kappa shape index (κ3) is 1.65. The Morgan fingerprint density at radius 2 is 1.56 bits per heavy atom. The highest BCUT2D eigenvalue weighted by Crippen LogP contribution is 2.35. The summed E-state index contributed by atoms with van der Waals surface area (Å²) in [7, 11) is 0. The van der Waals surface area contributed by atoms with Gasteiger partial charge in [-0.05, 0) is 80.3 Å². The highest BCUT2D eigenvalue weighted by molar-refractivity contribution is 5.54. The Morgan fingerprint density at radius 3 is 2.12 bits per heavy atom. The average molecular weight is 212 g/mol. The van der Waals surface area contributed by atoms with Gasteiger partial charge in [0.05, 0.1) is 0 Å². The molecule has 0 N–H and O–H groups in total. The van der Waals surface area contributed by atoms with Crippen LogP contribution in [0.1, 0.15) is 46.7 Å². The van der Waals surface area contributed by atoms with Gasteiger partial charge < -0.3 is 0 Å². The number of hydrogen-bond donors (Lipinski definition) is 0. The fraction of sp³-hybridized carbons (Fsp3) is 0.500. The molecule has 0 heteroatoms. The van der Waals surface area contributed by atoms with Crippen molar-refractivity contribution in [3.63, 3.8) is 0 Å². The first kappa shape index (κ1) is 11.3. The van der Waals surface area contributed by atoms with E-state index >= 15 is 0 Å². The van der Waals surface area contributed by atoms with Gasteiger partial charge in [-0.25, -0.2) is 0 Å². The predicted molar refractivity (Wildman–Crippen MR) is 69.8 cm³/mol. The smallest absolute Gasteiger partial charge is 0.0129 e. The van der Waals surface area contributed by atoms with Gasteiger partial charge in [-0.3, -0.25) is 0 Å². The van der Waals surface area contributed by atoms with Crippen molar-refractivity contribution < 1.29 is 0 Å². The molecule has 0 bridgehead atoms. The molecule has 0 unspecified atom stereocenters. The first-order chi connectivity index (χ1) is 7.66. The third-order valence-electron chi connectivity index (χ3n) is 4.04. The predicted octanol–water partition coefficient (Wildman–Crippen LogP) is 3.67. The summed E-state index contributed by atoms with van der Waals surface area (Å²) in [5.41, 5.74) is 9.39. The van der Waals surface area contributed by atoms with Gasteiger partial charge in [0, 0.05) is 6.42 Å². The maximum absolute atomic E-state index is 3.17. The Kier molecular flexibility index (Phi) is 3.06. The van der Waals surface area contributed by atoms with Crippen molar-refractivity contribution in [3.8, 4) is 11.8 Å². The molecule has 0 saturated carbocycles. The first-order valence-corrected chi connectivity index (χ1v) is 6.16. The Morgan fingerprint density at radius 1 is 0.938 bits per heavy atom. The summed E-state index contributed by atoms with van der Waals surface area (Å²) in [6, 6.07) is 0. The summed E-state index contributed by atoms with van der Waals surface area (Å²) in [4.78, 5) is 0. The van der Waals surface area contributed by atoms with E-state index < -0.39 is 0 Å². The van der Waals surface area contributed by atoms with Crippen molar-refractivity contribution in [1.29, 1.82) is 0 Å². The van der Waals surface area contributed by atoms with E-state index in [0.717, 1.165) is 12.8 Å². The molecule has 0 heterocycles. The maximum Gasteiger partial charge on any atom is 0.0129 e. The molecule has 0 radical (unpaired) electrons. The van der Waals surface area contributed by atoms with E-state index in [1.54, 1.807) is 22.3 Å². The Hall–Kier alpha value is -1.22. The first-order valence-electron chi connectivity index (χ1n) is 6.16. The molecule has 0 aliphatic heterocycles. The second kappa shape index (κ2) is 4.34. The van der Waals surface area contributed by atoms with Crippen LogP contribution < -0.4 is 0 Å². The fourth-order valence-electron chi connectivity index (χ4n) is 2.81. The van der Waals surface area contributed by atoms with Gasteiger partial charge in [0.2, 0.25) is 0 Å². The van der Waals surface area contributed by atoms with E-state index in [2.05, 4.69) is 32.6 Å². The molecule has 0 fully saturated rings. The highest BCUT2D eigenvalue weighted by atomic mass is 14.3. The minimum absolute atomic E-state index is 0.996. The van der Waals surface area contributed by atoms with E-state index in [4.69, 9.17) is 0 Å². The van der Waals surface area contributed by atoms with Gasteiger partial charge in [0.25, 0.3) is 0 Å². The second-order valence-corrected chi connectivity index (χ2v) is 4.74. The van der Waals surface area contributed by atoms with Crippen molar-refractivity contribution in [2.45, 2.75) is 53.4 Å². The van der Waals surface area contributed by atoms with Crippen LogP contribution in [0.15, 0.2) is 0 Å². The number of hydrogen-bond acceptors (Lipinski definition) is 0. The normalized spacial score (nSPS) is 12.5. The largest absolute Gasteiger partial charge is 0.107 e. The van der Waals surface area contributed by atoms with Gasteiger partial charge in [-0.1, -0.05) is 0 Å². The molecule has 0 saturated heterocycles. The molecular weight excluding hydrogens is 192 g/mol. The summed E-state index contributed by atoms with van der Waals surface area (Å²) in [5.74, 6) is 6.15. The molecule has 1 aliphatic rings. The summed E-state index contributed by atoms with van der Waals surface area (Å²) < 4.78 is 0. The van der Waals surface area contributed by atoms with Crippen LogP contribution >= 0.6 is 0 Å². The van der Waals surface area contributed by atoms with Crippen molar-refractivity contribution in [1.82, 2.24) is 0 Å². The van der Waals surface area contributed by atoms with Crippen molar-refractivity contribution in [2.24, 2.45) is 0 Å². The SMILES string of the molecule is CC#CCCc1c(C)c(C)c2c(c1C)CC2. The average Bonchev–Trinajstić information content (AvgIpc) is 2.20. The van der Waals surface area contributed by atoms with Crippen molar-refractivity contribution in [3.05, 3.63) is 33.4 Å². The molecule has 0 amide bonds. The number of benzene rings is 1. The molecule has 1 aromatic carbocycles. The Bertz CT molecular complexity index is 458. The van der Waals surface area contributed by atoms with Crippen LogP contribution in [-0.2, 0) is 19.3 Å². The molecule has 0 aromatic heterocycles. The zero-order valence-corrected chi connectivity index (χ0v) is 10.8. The molecule has 0 nitrogen and oxygen atoms in total. The lowest BCUT2D eigenvalue weighted by molar-refractivity contribution is 0.798. The van der Waals surface area contributed by atoms with Gasteiger partial charge in [-0.15, -0.1) is 11.8 Å². The van der Waals surface area contributed by atoms with Crippen LogP contribution in [0.3, 0.4) is 0 Å². The lowest BCUT2D eigenvalue weighted by Crippen LogP contribution is -2.16. The second-order valence-electron chi connectivity index (χ2n) is 4.74. The standard InChI is InChI=1S/C16H20/c1-5-6-7-8-14-11(2)12(3)15-9-10-16(15)13(14)4/h7-10H2,1-4H3. The molecule has 16 heavy (non-hydrogen) atoms. The Balaban J connectivity index is 2.39. The Labute approximate surface area is 99.1 Å². The zero-order chi connectivity index (χ0) is 11.7. The van der Waals surface area contributed by atoms with E-state index in [-0.39, 0.29) is 0 Å². The van der Waals surface area contributed by atoms with E-state index in [1.807, 2.05) is 6.92 Å². The van der Waals surface area contributed by atoms with Crippen LogP contribution in [-0.4, -0.2) is 0 Å². The lowest BCUT2D eigenvalue weighted by atomic mass is 9.77. The summed E-state index contributed by atoms with van der Waals surface area (Å²) in [6.45, 7) is 8.76.